The Morgan fingerprint density at radius 3 is 2.56 bits per heavy atom. The molecule has 0 radical (unpaired) electrons. The average Bonchev–Trinajstić information content (AvgIpc) is 2.90. The lowest BCUT2D eigenvalue weighted by atomic mass is 10.4. The normalized spacial score (nSPS) is 11.9. The third-order valence-electron chi connectivity index (χ3n) is 2.65. The lowest BCUT2D eigenvalue weighted by molar-refractivity contribution is 0.433. The number of sulfonamides is 1. The Balaban J connectivity index is 2.06. The first-order valence-electron chi connectivity index (χ1n) is 5.59. The summed E-state index contributed by atoms with van der Waals surface area (Å²) in [5.41, 5.74) is 0. The zero-order chi connectivity index (χ0) is 13.0. The van der Waals surface area contributed by atoms with Crippen molar-refractivity contribution in [3.63, 3.8) is 0 Å². The molecule has 0 fully saturated rings. The van der Waals surface area contributed by atoms with Crippen LogP contribution in [0, 0.1) is 0 Å². The van der Waals surface area contributed by atoms with Gasteiger partial charge in [-0.3, -0.25) is 4.68 Å². The topological polar surface area (TPSA) is 55.2 Å². The van der Waals surface area contributed by atoms with Crippen molar-refractivity contribution in [1.82, 2.24) is 14.1 Å². The van der Waals surface area contributed by atoms with Gasteiger partial charge in [0.15, 0.2) is 0 Å². The molecular formula is C12H15N3O2S. The second kappa shape index (κ2) is 5.32. The molecule has 6 heteroatoms. The van der Waals surface area contributed by atoms with Gasteiger partial charge in [-0.2, -0.15) is 9.40 Å². The number of nitrogens with zero attached hydrogens (tertiary/aromatic N) is 3. The first-order chi connectivity index (χ1) is 8.60. The van der Waals surface area contributed by atoms with E-state index in [2.05, 4.69) is 5.10 Å². The molecule has 0 saturated carbocycles. The van der Waals surface area contributed by atoms with Gasteiger partial charge in [-0.25, -0.2) is 8.42 Å². The molecule has 0 aliphatic carbocycles. The molecule has 1 aromatic heterocycles. The van der Waals surface area contributed by atoms with Gasteiger partial charge in [-0.05, 0) is 18.2 Å². The molecule has 0 unspecified atom stereocenters. The highest BCUT2D eigenvalue weighted by Gasteiger charge is 2.19. The van der Waals surface area contributed by atoms with Gasteiger partial charge in [-0.1, -0.05) is 18.2 Å². The van der Waals surface area contributed by atoms with Crippen molar-refractivity contribution in [3.8, 4) is 0 Å². The maximum absolute atomic E-state index is 12.2. The molecule has 1 aromatic carbocycles. The van der Waals surface area contributed by atoms with E-state index >= 15 is 0 Å². The lowest BCUT2D eigenvalue weighted by Gasteiger charge is -2.17. The van der Waals surface area contributed by atoms with Crippen LogP contribution in [0.2, 0.25) is 0 Å². The molecule has 2 rings (SSSR count). The van der Waals surface area contributed by atoms with Gasteiger partial charge in [0, 0.05) is 26.0 Å². The van der Waals surface area contributed by atoms with Crippen molar-refractivity contribution < 1.29 is 8.42 Å². The summed E-state index contributed by atoms with van der Waals surface area (Å²) >= 11 is 0. The predicted molar refractivity (Wildman–Crippen MR) is 68.5 cm³/mol. The molecule has 5 nitrogen and oxygen atoms in total. The summed E-state index contributed by atoms with van der Waals surface area (Å²) in [6.07, 6.45) is 3.48. The van der Waals surface area contributed by atoms with Crippen LogP contribution in [-0.2, 0) is 16.6 Å². The van der Waals surface area contributed by atoms with E-state index in [0.717, 1.165) is 0 Å². The number of benzene rings is 1. The zero-order valence-corrected chi connectivity index (χ0v) is 10.9. The minimum absolute atomic E-state index is 0.313. The van der Waals surface area contributed by atoms with Gasteiger partial charge in [-0.15, -0.1) is 0 Å². The zero-order valence-electron chi connectivity index (χ0n) is 10.1. The first-order valence-corrected chi connectivity index (χ1v) is 7.03. The summed E-state index contributed by atoms with van der Waals surface area (Å²) in [6, 6.07) is 10.2. The summed E-state index contributed by atoms with van der Waals surface area (Å²) in [5.74, 6) is 0. The van der Waals surface area contributed by atoms with Crippen LogP contribution in [0.3, 0.4) is 0 Å². The summed E-state index contributed by atoms with van der Waals surface area (Å²) in [4.78, 5) is 0.313. The van der Waals surface area contributed by atoms with Crippen molar-refractivity contribution in [2.45, 2.75) is 11.4 Å². The summed E-state index contributed by atoms with van der Waals surface area (Å²) in [5, 5.41) is 4.04. The van der Waals surface area contributed by atoms with Crippen molar-refractivity contribution >= 4 is 10.0 Å². The Morgan fingerprint density at radius 2 is 1.94 bits per heavy atom. The van der Waals surface area contributed by atoms with E-state index in [1.807, 2.05) is 12.3 Å². The van der Waals surface area contributed by atoms with Crippen LogP contribution < -0.4 is 0 Å². The van der Waals surface area contributed by atoms with E-state index in [1.54, 1.807) is 48.3 Å². The van der Waals surface area contributed by atoms with E-state index in [0.29, 0.717) is 18.0 Å². The Morgan fingerprint density at radius 1 is 1.22 bits per heavy atom. The van der Waals surface area contributed by atoms with E-state index in [-0.39, 0.29) is 0 Å². The maximum Gasteiger partial charge on any atom is 0.242 e. The van der Waals surface area contributed by atoms with Crippen LogP contribution in [0.5, 0.6) is 0 Å². The maximum atomic E-state index is 12.2. The molecule has 0 N–H and O–H groups in total. The molecule has 0 aliphatic rings. The highest BCUT2D eigenvalue weighted by molar-refractivity contribution is 7.89. The molecule has 0 aliphatic heterocycles. The predicted octanol–water partition coefficient (Wildman–Crippen LogP) is 1.20. The third-order valence-corrected chi connectivity index (χ3v) is 4.53. The largest absolute Gasteiger partial charge is 0.271 e. The minimum atomic E-state index is -3.40. The van der Waals surface area contributed by atoms with Crippen molar-refractivity contribution in [3.05, 3.63) is 48.8 Å². The van der Waals surface area contributed by atoms with Crippen molar-refractivity contribution in [1.29, 1.82) is 0 Å². The minimum Gasteiger partial charge on any atom is -0.271 e. The van der Waals surface area contributed by atoms with Gasteiger partial charge in [0.05, 0.1) is 11.4 Å². The fourth-order valence-electron chi connectivity index (χ4n) is 1.57. The molecule has 0 saturated heterocycles. The Labute approximate surface area is 107 Å². The van der Waals surface area contributed by atoms with Crippen LogP contribution in [-0.4, -0.2) is 36.1 Å². The smallest absolute Gasteiger partial charge is 0.242 e. The number of rotatable bonds is 5. The van der Waals surface area contributed by atoms with Crippen LogP contribution in [0.1, 0.15) is 0 Å². The highest BCUT2D eigenvalue weighted by Crippen LogP contribution is 2.13. The fourth-order valence-corrected chi connectivity index (χ4v) is 2.75. The highest BCUT2D eigenvalue weighted by atomic mass is 32.2. The van der Waals surface area contributed by atoms with E-state index in [9.17, 15) is 8.42 Å². The molecule has 96 valence electrons. The van der Waals surface area contributed by atoms with Crippen LogP contribution in [0.15, 0.2) is 53.7 Å². The quantitative estimate of drug-likeness (QED) is 0.816. The van der Waals surface area contributed by atoms with E-state index < -0.39 is 10.0 Å². The molecular weight excluding hydrogens is 250 g/mol. The number of hydrogen-bond acceptors (Lipinski definition) is 3. The second-order valence-corrected chi connectivity index (χ2v) is 5.95. The van der Waals surface area contributed by atoms with Crippen molar-refractivity contribution in [2.75, 3.05) is 13.6 Å². The summed E-state index contributed by atoms with van der Waals surface area (Å²) < 4.78 is 27.4. The van der Waals surface area contributed by atoms with Gasteiger partial charge in [0.1, 0.15) is 0 Å². The molecule has 18 heavy (non-hydrogen) atoms. The standard InChI is InChI=1S/C12H15N3O2S/c1-14(10-11-15-9-5-8-13-15)18(16,17)12-6-3-2-4-7-12/h2-9H,10-11H2,1H3. The molecule has 2 aromatic rings. The Bertz CT molecular complexity index is 579. The van der Waals surface area contributed by atoms with Gasteiger partial charge in [0.2, 0.25) is 10.0 Å². The number of hydrogen-bond donors (Lipinski definition) is 0. The monoisotopic (exact) mass is 265 g/mol. The van der Waals surface area contributed by atoms with Crippen LogP contribution in [0.4, 0.5) is 0 Å². The summed E-state index contributed by atoms with van der Waals surface area (Å²) in [7, 11) is -1.82. The van der Waals surface area contributed by atoms with Gasteiger partial charge >= 0.3 is 0 Å². The van der Waals surface area contributed by atoms with E-state index in [1.165, 1.54) is 4.31 Å². The third kappa shape index (κ3) is 2.77. The lowest BCUT2D eigenvalue weighted by Crippen LogP contribution is -2.30. The Kier molecular flexibility index (Phi) is 3.78. The molecule has 0 atom stereocenters. The molecule has 1 heterocycles. The second-order valence-electron chi connectivity index (χ2n) is 3.91. The average molecular weight is 265 g/mol. The van der Waals surface area contributed by atoms with E-state index in [4.69, 9.17) is 0 Å². The molecule has 0 spiro atoms. The SMILES string of the molecule is CN(CCn1cccn1)S(=O)(=O)c1ccccc1. The first kappa shape index (κ1) is 12.8. The van der Waals surface area contributed by atoms with Crippen molar-refractivity contribution in [2.24, 2.45) is 0 Å². The number of likely N-dealkylation sites (N-methyl/N-ethyl adjacent to an activating group) is 1. The van der Waals surface area contributed by atoms with Crippen LogP contribution in [0.25, 0.3) is 0 Å². The molecule has 0 amide bonds. The molecule has 0 bridgehead atoms. The summed E-state index contributed by atoms with van der Waals surface area (Å²) in [6.45, 7) is 0.925. The van der Waals surface area contributed by atoms with Crippen LogP contribution >= 0.6 is 0 Å². The fraction of sp³-hybridized carbons (Fsp3) is 0.250. The number of aromatic nitrogens is 2. The van der Waals surface area contributed by atoms with Gasteiger partial charge < -0.3 is 0 Å². The van der Waals surface area contributed by atoms with Gasteiger partial charge in [0.25, 0.3) is 0 Å². The Hall–Kier alpha value is -1.66.